The maximum atomic E-state index is 11.7. The van der Waals surface area contributed by atoms with Crippen LogP contribution in [0.25, 0.3) is 6.08 Å². The van der Waals surface area contributed by atoms with E-state index in [2.05, 4.69) is 0 Å². The lowest BCUT2D eigenvalue weighted by Crippen LogP contribution is -2.32. The SMILES string of the molecule is O=C(O)CN1C(=O)SC(=Cc2ccc([N+](=O)[O-])cc2)C1=S. The van der Waals surface area contributed by atoms with Crippen molar-refractivity contribution in [1.82, 2.24) is 4.90 Å². The van der Waals surface area contributed by atoms with E-state index < -0.39 is 22.7 Å². The predicted molar refractivity (Wildman–Crippen MR) is 81.0 cm³/mol. The molecule has 1 heterocycles. The second-order valence-electron chi connectivity index (χ2n) is 4.01. The van der Waals surface area contributed by atoms with Crippen LogP contribution < -0.4 is 0 Å². The molecule has 0 atom stereocenters. The molecule has 0 bridgehead atoms. The fraction of sp³-hybridized carbons (Fsp3) is 0.0833. The molecule has 0 saturated carbocycles. The summed E-state index contributed by atoms with van der Waals surface area (Å²) in [6.07, 6.45) is 1.59. The van der Waals surface area contributed by atoms with E-state index >= 15 is 0 Å². The number of nitro groups is 1. The number of benzene rings is 1. The maximum Gasteiger partial charge on any atom is 0.323 e. The largest absolute Gasteiger partial charge is 0.480 e. The van der Waals surface area contributed by atoms with E-state index in [1.807, 2.05) is 0 Å². The Bertz CT molecular complexity index is 669. The van der Waals surface area contributed by atoms with Gasteiger partial charge in [0.15, 0.2) is 0 Å². The van der Waals surface area contributed by atoms with Gasteiger partial charge in [-0.3, -0.25) is 24.6 Å². The number of carboxylic acids is 1. The smallest absolute Gasteiger partial charge is 0.323 e. The van der Waals surface area contributed by atoms with Gasteiger partial charge in [-0.25, -0.2) is 0 Å². The normalized spacial score (nSPS) is 16.6. The van der Waals surface area contributed by atoms with Crippen molar-refractivity contribution in [3.8, 4) is 0 Å². The van der Waals surface area contributed by atoms with Gasteiger partial charge in [-0.2, -0.15) is 0 Å². The highest BCUT2D eigenvalue weighted by atomic mass is 32.2. The third-order valence-corrected chi connectivity index (χ3v) is 4.06. The number of thiocarbonyl (C=S) groups is 1. The summed E-state index contributed by atoms with van der Waals surface area (Å²) in [6.45, 7) is -0.484. The summed E-state index contributed by atoms with van der Waals surface area (Å²) in [5.74, 6) is -1.15. The van der Waals surface area contributed by atoms with Crippen molar-refractivity contribution in [2.45, 2.75) is 0 Å². The molecule has 0 spiro atoms. The first-order valence-corrected chi connectivity index (χ1v) is 6.82. The van der Waals surface area contributed by atoms with E-state index in [-0.39, 0.29) is 10.7 Å². The maximum absolute atomic E-state index is 11.7. The molecule has 108 valence electrons. The Morgan fingerprint density at radius 1 is 1.43 bits per heavy atom. The Balaban J connectivity index is 2.22. The van der Waals surface area contributed by atoms with Gasteiger partial charge in [-0.05, 0) is 35.5 Å². The van der Waals surface area contributed by atoms with E-state index in [9.17, 15) is 19.7 Å². The van der Waals surface area contributed by atoms with Crippen LogP contribution in [0.4, 0.5) is 10.5 Å². The van der Waals surface area contributed by atoms with E-state index in [1.165, 1.54) is 24.3 Å². The van der Waals surface area contributed by atoms with Gasteiger partial charge in [0.25, 0.3) is 10.9 Å². The highest BCUT2D eigenvalue weighted by molar-refractivity contribution is 8.19. The standard InChI is InChI=1S/C12H8N2O5S2/c15-10(16)6-13-11(20)9(21-12(13)17)5-7-1-3-8(4-2-7)14(18)19/h1-5H,6H2,(H,15,16). The van der Waals surface area contributed by atoms with Gasteiger partial charge in [0.1, 0.15) is 11.5 Å². The lowest BCUT2D eigenvalue weighted by molar-refractivity contribution is -0.384. The third kappa shape index (κ3) is 3.44. The average molecular weight is 324 g/mol. The molecule has 1 aromatic rings. The van der Waals surface area contributed by atoms with Gasteiger partial charge >= 0.3 is 5.97 Å². The zero-order valence-electron chi connectivity index (χ0n) is 10.4. The first kappa shape index (κ1) is 15.1. The molecule has 0 aliphatic carbocycles. The van der Waals surface area contributed by atoms with Crippen LogP contribution in [-0.4, -0.2) is 37.7 Å². The summed E-state index contributed by atoms with van der Waals surface area (Å²) in [5.41, 5.74) is 0.595. The molecular weight excluding hydrogens is 316 g/mol. The number of nitro benzene ring substituents is 1. The number of amides is 1. The molecule has 0 aromatic heterocycles. The van der Waals surface area contributed by atoms with Crippen LogP contribution >= 0.6 is 24.0 Å². The second-order valence-corrected chi connectivity index (χ2v) is 5.39. The quantitative estimate of drug-likeness (QED) is 0.393. The van der Waals surface area contributed by atoms with Crippen LogP contribution in [0.1, 0.15) is 5.56 Å². The first-order chi connectivity index (χ1) is 9.88. The summed E-state index contributed by atoms with van der Waals surface area (Å²) in [7, 11) is 0. The lowest BCUT2D eigenvalue weighted by atomic mass is 10.2. The molecule has 1 saturated heterocycles. The number of carboxylic acid groups (broad SMARTS) is 1. The summed E-state index contributed by atoms with van der Waals surface area (Å²) in [6, 6.07) is 5.73. The molecule has 21 heavy (non-hydrogen) atoms. The Labute approximate surface area is 128 Å². The molecule has 0 radical (unpaired) electrons. The minimum absolute atomic E-state index is 0.0395. The van der Waals surface area contributed by atoms with E-state index in [0.29, 0.717) is 10.5 Å². The monoisotopic (exact) mass is 324 g/mol. The van der Waals surface area contributed by atoms with Crippen molar-refractivity contribution >= 4 is 51.9 Å². The molecule has 1 fully saturated rings. The minimum atomic E-state index is -1.15. The molecule has 1 N–H and O–H groups in total. The summed E-state index contributed by atoms with van der Waals surface area (Å²) >= 11 is 5.91. The number of rotatable bonds is 4. The van der Waals surface area contributed by atoms with Gasteiger partial charge in [0, 0.05) is 12.1 Å². The fourth-order valence-corrected chi connectivity index (χ4v) is 2.85. The molecular formula is C12H8N2O5S2. The van der Waals surface area contributed by atoms with E-state index in [4.69, 9.17) is 17.3 Å². The molecule has 9 heteroatoms. The zero-order chi connectivity index (χ0) is 15.6. The Kier molecular flexibility index (Phi) is 4.34. The number of thioether (sulfide) groups is 1. The number of hydrogen-bond acceptors (Lipinski definition) is 6. The van der Waals surface area contributed by atoms with Gasteiger partial charge in [-0.1, -0.05) is 12.2 Å². The van der Waals surface area contributed by atoms with Crippen LogP contribution in [0.15, 0.2) is 29.2 Å². The van der Waals surface area contributed by atoms with Crippen molar-refractivity contribution in [2.24, 2.45) is 0 Å². The third-order valence-electron chi connectivity index (χ3n) is 2.57. The van der Waals surface area contributed by atoms with Crippen LogP contribution in [0, 0.1) is 10.1 Å². The first-order valence-electron chi connectivity index (χ1n) is 5.60. The van der Waals surface area contributed by atoms with Gasteiger partial charge in [0.05, 0.1) is 9.83 Å². The Morgan fingerprint density at radius 2 is 2.05 bits per heavy atom. The predicted octanol–water partition coefficient (Wildman–Crippen LogP) is 2.52. The van der Waals surface area contributed by atoms with E-state index in [1.54, 1.807) is 6.08 Å². The minimum Gasteiger partial charge on any atom is -0.480 e. The lowest BCUT2D eigenvalue weighted by Gasteiger charge is -2.10. The van der Waals surface area contributed by atoms with Gasteiger partial charge < -0.3 is 5.11 Å². The number of carbonyl (C=O) groups excluding carboxylic acids is 1. The number of non-ortho nitro benzene ring substituents is 1. The number of nitrogens with zero attached hydrogens (tertiary/aromatic N) is 2. The number of carbonyl (C=O) groups is 2. The molecule has 1 amide bonds. The molecule has 1 aliphatic rings. The Morgan fingerprint density at radius 3 is 2.57 bits per heavy atom. The summed E-state index contributed by atoms with van der Waals surface area (Å²) in [5, 5.41) is 18.8. The zero-order valence-corrected chi connectivity index (χ0v) is 12.0. The van der Waals surface area contributed by atoms with Crippen molar-refractivity contribution < 1.29 is 19.6 Å². The van der Waals surface area contributed by atoms with Crippen LogP contribution in [-0.2, 0) is 4.79 Å². The van der Waals surface area contributed by atoms with Crippen LogP contribution in [0.3, 0.4) is 0 Å². The molecule has 1 aromatic carbocycles. The van der Waals surface area contributed by atoms with Crippen molar-refractivity contribution in [1.29, 1.82) is 0 Å². The fourth-order valence-electron chi connectivity index (χ4n) is 1.62. The van der Waals surface area contributed by atoms with Gasteiger partial charge in [0.2, 0.25) is 0 Å². The molecule has 7 nitrogen and oxygen atoms in total. The number of aliphatic carboxylic acids is 1. The highest BCUT2D eigenvalue weighted by Crippen LogP contribution is 2.33. The molecule has 0 unspecified atom stereocenters. The van der Waals surface area contributed by atoms with Crippen LogP contribution in [0.2, 0.25) is 0 Å². The number of hydrogen-bond donors (Lipinski definition) is 1. The second kappa shape index (κ2) is 6.02. The van der Waals surface area contributed by atoms with Crippen molar-refractivity contribution in [3.05, 3.63) is 44.8 Å². The highest BCUT2D eigenvalue weighted by Gasteiger charge is 2.32. The topological polar surface area (TPSA) is 101 Å². The van der Waals surface area contributed by atoms with Crippen LogP contribution in [0.5, 0.6) is 0 Å². The Hall–Kier alpha value is -2.26. The van der Waals surface area contributed by atoms with Gasteiger partial charge in [-0.15, -0.1) is 0 Å². The summed E-state index contributed by atoms with van der Waals surface area (Å²) < 4.78 is 0. The molecule has 2 rings (SSSR count). The average Bonchev–Trinajstić information content (AvgIpc) is 2.67. The van der Waals surface area contributed by atoms with Crippen molar-refractivity contribution in [2.75, 3.05) is 6.54 Å². The van der Waals surface area contributed by atoms with E-state index in [0.717, 1.165) is 16.7 Å². The molecule has 1 aliphatic heterocycles. The van der Waals surface area contributed by atoms with Crippen molar-refractivity contribution in [3.63, 3.8) is 0 Å². The summed E-state index contributed by atoms with van der Waals surface area (Å²) in [4.78, 5) is 34.0.